The average molecular weight is 369 g/mol. The van der Waals surface area contributed by atoms with Crippen molar-refractivity contribution in [2.24, 2.45) is 5.92 Å². The zero-order chi connectivity index (χ0) is 17.9. The van der Waals surface area contributed by atoms with Gasteiger partial charge >= 0.3 is 0 Å². The van der Waals surface area contributed by atoms with Crippen LogP contribution in [0.3, 0.4) is 0 Å². The Morgan fingerprint density at radius 2 is 1.96 bits per heavy atom. The van der Waals surface area contributed by atoms with Crippen molar-refractivity contribution in [3.8, 4) is 0 Å². The lowest BCUT2D eigenvalue weighted by Crippen LogP contribution is -2.40. The number of carbonyl (C=O) groups is 1. The van der Waals surface area contributed by atoms with Gasteiger partial charge in [0.2, 0.25) is 11.9 Å². The summed E-state index contributed by atoms with van der Waals surface area (Å²) in [6.45, 7) is 2.22. The Labute approximate surface area is 157 Å². The quantitative estimate of drug-likeness (QED) is 0.737. The molecule has 5 nitrogen and oxygen atoms in total. The van der Waals surface area contributed by atoms with E-state index in [0.29, 0.717) is 11.6 Å². The number of imidazole rings is 1. The van der Waals surface area contributed by atoms with Crippen molar-refractivity contribution in [1.29, 1.82) is 0 Å². The number of fused-ring (bicyclic) bond motifs is 1. The number of rotatable bonds is 4. The molecule has 2 N–H and O–H groups in total. The molecule has 6 heteroatoms. The highest BCUT2D eigenvalue weighted by Crippen LogP contribution is 2.25. The molecular weight excluding hydrogens is 348 g/mol. The normalized spacial score (nSPS) is 15.3. The molecule has 0 atom stereocenters. The van der Waals surface area contributed by atoms with Gasteiger partial charge in [-0.05, 0) is 36.6 Å². The van der Waals surface area contributed by atoms with Crippen LogP contribution in [-0.2, 0) is 11.3 Å². The van der Waals surface area contributed by atoms with E-state index in [2.05, 4.69) is 20.2 Å². The van der Waals surface area contributed by atoms with Gasteiger partial charge in [-0.15, -0.1) is 0 Å². The molecule has 0 spiro atoms. The number of aromatic amines is 1. The van der Waals surface area contributed by atoms with Gasteiger partial charge in [0.25, 0.3) is 0 Å². The molecule has 1 saturated heterocycles. The fourth-order valence-corrected chi connectivity index (χ4v) is 3.57. The Kier molecular flexibility index (Phi) is 4.80. The first kappa shape index (κ1) is 16.9. The number of halogens is 1. The molecule has 134 valence electrons. The minimum Gasteiger partial charge on any atom is -0.352 e. The van der Waals surface area contributed by atoms with Gasteiger partial charge in [-0.2, -0.15) is 0 Å². The summed E-state index contributed by atoms with van der Waals surface area (Å²) in [6.07, 6.45) is 1.66. The highest BCUT2D eigenvalue weighted by molar-refractivity contribution is 6.31. The smallest absolute Gasteiger partial charge is 0.223 e. The molecule has 2 aromatic carbocycles. The Hall–Kier alpha value is -2.53. The van der Waals surface area contributed by atoms with Gasteiger partial charge in [0.15, 0.2) is 0 Å². The zero-order valence-electron chi connectivity index (χ0n) is 14.4. The molecule has 0 saturated carbocycles. The van der Waals surface area contributed by atoms with E-state index in [-0.39, 0.29) is 11.8 Å². The number of anilines is 1. The summed E-state index contributed by atoms with van der Waals surface area (Å²) in [4.78, 5) is 22.6. The average Bonchev–Trinajstić information content (AvgIpc) is 3.10. The molecule has 26 heavy (non-hydrogen) atoms. The molecule has 3 aromatic rings. The molecule has 1 aliphatic rings. The van der Waals surface area contributed by atoms with Crippen molar-refractivity contribution in [2.75, 3.05) is 18.0 Å². The summed E-state index contributed by atoms with van der Waals surface area (Å²) in [7, 11) is 0. The first-order chi connectivity index (χ1) is 12.7. The lowest BCUT2D eigenvalue weighted by molar-refractivity contribution is -0.125. The number of benzene rings is 2. The Morgan fingerprint density at radius 1 is 1.19 bits per heavy atom. The number of carbonyl (C=O) groups excluding carboxylic acids is 1. The summed E-state index contributed by atoms with van der Waals surface area (Å²) >= 11 is 6.04. The van der Waals surface area contributed by atoms with Crippen molar-refractivity contribution in [3.63, 3.8) is 0 Å². The maximum Gasteiger partial charge on any atom is 0.223 e. The minimum absolute atomic E-state index is 0.0637. The minimum atomic E-state index is 0.0637. The van der Waals surface area contributed by atoms with Crippen LogP contribution < -0.4 is 10.2 Å². The van der Waals surface area contributed by atoms with Crippen molar-refractivity contribution in [3.05, 3.63) is 59.1 Å². The number of hydrogen-bond donors (Lipinski definition) is 2. The second kappa shape index (κ2) is 7.38. The van der Waals surface area contributed by atoms with Crippen LogP contribution in [0.4, 0.5) is 5.95 Å². The molecule has 1 aromatic heterocycles. The SMILES string of the molecule is O=C(NCc1ccccc1)C1CCN(c2nc3ccc(Cl)cc3[nH]2)CC1. The van der Waals surface area contributed by atoms with Crippen LogP contribution in [0.25, 0.3) is 11.0 Å². The van der Waals surface area contributed by atoms with Gasteiger partial charge in [-0.1, -0.05) is 41.9 Å². The third-order valence-electron chi connectivity index (χ3n) is 4.91. The molecule has 1 amide bonds. The molecule has 0 bridgehead atoms. The highest BCUT2D eigenvalue weighted by Gasteiger charge is 2.26. The predicted octanol–water partition coefficient (Wildman–Crippen LogP) is 3.75. The van der Waals surface area contributed by atoms with Crippen LogP contribution >= 0.6 is 11.6 Å². The molecule has 2 heterocycles. The molecule has 0 radical (unpaired) electrons. The number of amides is 1. The van der Waals surface area contributed by atoms with Gasteiger partial charge in [0.1, 0.15) is 0 Å². The van der Waals surface area contributed by atoms with Gasteiger partial charge in [-0.3, -0.25) is 4.79 Å². The maximum absolute atomic E-state index is 12.4. The van der Waals surface area contributed by atoms with Gasteiger partial charge in [0.05, 0.1) is 11.0 Å². The standard InChI is InChI=1S/C20H21ClN4O/c21-16-6-7-17-18(12-16)24-20(23-17)25-10-8-15(9-11-25)19(26)22-13-14-4-2-1-3-5-14/h1-7,12,15H,8-11,13H2,(H,22,26)(H,23,24). The van der Waals surface area contributed by atoms with Crippen molar-refractivity contribution in [2.45, 2.75) is 19.4 Å². The van der Waals surface area contributed by atoms with Crippen LogP contribution in [0.15, 0.2) is 48.5 Å². The van der Waals surface area contributed by atoms with E-state index in [1.807, 2.05) is 48.5 Å². The summed E-state index contributed by atoms with van der Waals surface area (Å²) in [6, 6.07) is 15.7. The van der Waals surface area contributed by atoms with Crippen LogP contribution in [-0.4, -0.2) is 29.0 Å². The van der Waals surface area contributed by atoms with Crippen LogP contribution in [0, 0.1) is 5.92 Å². The lowest BCUT2D eigenvalue weighted by atomic mass is 9.96. The largest absolute Gasteiger partial charge is 0.352 e. The Morgan fingerprint density at radius 3 is 2.73 bits per heavy atom. The van der Waals surface area contributed by atoms with E-state index in [0.717, 1.165) is 48.5 Å². The third-order valence-corrected chi connectivity index (χ3v) is 5.14. The number of nitrogens with one attached hydrogen (secondary N) is 2. The summed E-state index contributed by atoms with van der Waals surface area (Å²) in [5.74, 6) is 1.06. The van der Waals surface area contributed by atoms with E-state index in [1.165, 1.54) is 0 Å². The van der Waals surface area contributed by atoms with Crippen LogP contribution in [0.2, 0.25) is 5.02 Å². The van der Waals surface area contributed by atoms with E-state index in [9.17, 15) is 4.79 Å². The van der Waals surface area contributed by atoms with Gasteiger partial charge in [-0.25, -0.2) is 4.98 Å². The third kappa shape index (κ3) is 3.68. The molecule has 4 rings (SSSR count). The Bertz CT molecular complexity index is 901. The summed E-state index contributed by atoms with van der Waals surface area (Å²) in [5, 5.41) is 3.75. The second-order valence-electron chi connectivity index (χ2n) is 6.69. The second-order valence-corrected chi connectivity index (χ2v) is 7.12. The fourth-order valence-electron chi connectivity index (χ4n) is 3.40. The van der Waals surface area contributed by atoms with E-state index >= 15 is 0 Å². The van der Waals surface area contributed by atoms with Crippen LogP contribution in [0.1, 0.15) is 18.4 Å². The molecule has 0 aliphatic carbocycles. The summed E-state index contributed by atoms with van der Waals surface area (Å²) in [5.41, 5.74) is 2.97. The summed E-state index contributed by atoms with van der Waals surface area (Å²) < 4.78 is 0. The molecule has 0 unspecified atom stereocenters. The fraction of sp³-hybridized carbons (Fsp3) is 0.300. The van der Waals surface area contributed by atoms with Crippen molar-refractivity contribution >= 4 is 34.5 Å². The number of nitrogens with zero attached hydrogens (tertiary/aromatic N) is 2. The number of hydrogen-bond acceptors (Lipinski definition) is 3. The number of aromatic nitrogens is 2. The first-order valence-electron chi connectivity index (χ1n) is 8.91. The van der Waals surface area contributed by atoms with E-state index in [4.69, 9.17) is 11.6 Å². The van der Waals surface area contributed by atoms with Crippen molar-refractivity contribution in [1.82, 2.24) is 15.3 Å². The molecule has 1 fully saturated rings. The van der Waals surface area contributed by atoms with Crippen LogP contribution in [0.5, 0.6) is 0 Å². The molecular formula is C20H21ClN4O. The van der Waals surface area contributed by atoms with Gasteiger partial charge < -0.3 is 15.2 Å². The highest BCUT2D eigenvalue weighted by atomic mass is 35.5. The number of H-pyrrole nitrogens is 1. The zero-order valence-corrected chi connectivity index (χ0v) is 15.2. The number of piperidine rings is 1. The van der Waals surface area contributed by atoms with E-state index < -0.39 is 0 Å². The Balaban J connectivity index is 1.33. The maximum atomic E-state index is 12.4. The monoisotopic (exact) mass is 368 g/mol. The topological polar surface area (TPSA) is 61.0 Å². The van der Waals surface area contributed by atoms with E-state index in [1.54, 1.807) is 0 Å². The van der Waals surface area contributed by atoms with Crippen molar-refractivity contribution < 1.29 is 4.79 Å². The lowest BCUT2D eigenvalue weighted by Gasteiger charge is -2.31. The molecule has 1 aliphatic heterocycles. The first-order valence-corrected chi connectivity index (χ1v) is 9.29. The van der Waals surface area contributed by atoms with Gasteiger partial charge in [0, 0.05) is 30.6 Å². The predicted molar refractivity (Wildman–Crippen MR) is 104 cm³/mol.